The first-order valence-corrected chi connectivity index (χ1v) is 9.21. The van der Waals surface area contributed by atoms with Gasteiger partial charge in [-0.1, -0.05) is 41.9 Å². The van der Waals surface area contributed by atoms with Gasteiger partial charge in [-0.2, -0.15) is 0 Å². The predicted octanol–water partition coefficient (Wildman–Crippen LogP) is 4.24. The zero-order valence-corrected chi connectivity index (χ0v) is 16.4. The molecule has 2 amide bonds. The molecule has 0 heterocycles. The molecule has 0 fully saturated rings. The average molecular weight is 410 g/mol. The van der Waals surface area contributed by atoms with Gasteiger partial charge in [0.15, 0.2) is 0 Å². The molecule has 0 saturated heterocycles. The molecule has 0 radical (unpaired) electrons. The number of amides is 2. The molecule has 0 bridgehead atoms. The summed E-state index contributed by atoms with van der Waals surface area (Å²) in [5, 5.41) is 6.46. The summed E-state index contributed by atoms with van der Waals surface area (Å²) >= 11 is 6.15. The molecule has 3 aromatic carbocycles. The lowest BCUT2D eigenvalue weighted by Gasteiger charge is -2.20. The molecule has 29 heavy (non-hydrogen) atoms. The number of rotatable bonds is 7. The van der Waals surface area contributed by atoms with Crippen molar-refractivity contribution < 1.29 is 14.3 Å². The molecule has 7 heteroatoms. The topological polar surface area (TPSA) is 93.4 Å². The maximum absolute atomic E-state index is 13.0. The van der Waals surface area contributed by atoms with Gasteiger partial charge in [0, 0.05) is 16.9 Å². The van der Waals surface area contributed by atoms with Crippen LogP contribution in [0.15, 0.2) is 72.8 Å². The first-order valence-electron chi connectivity index (χ1n) is 8.83. The number of primary amides is 1. The number of halogens is 1. The number of nitrogens with one attached hydrogen (secondary N) is 2. The van der Waals surface area contributed by atoms with Crippen molar-refractivity contribution in [3.8, 4) is 5.75 Å². The summed E-state index contributed by atoms with van der Waals surface area (Å²) in [7, 11) is 1.53. The second-order valence-electron chi connectivity index (χ2n) is 6.27. The van der Waals surface area contributed by atoms with Crippen LogP contribution >= 0.6 is 11.6 Å². The first-order chi connectivity index (χ1) is 14.0. The summed E-state index contributed by atoms with van der Waals surface area (Å²) in [5.41, 5.74) is 7.68. The summed E-state index contributed by atoms with van der Waals surface area (Å²) in [4.78, 5) is 24.3. The zero-order valence-electron chi connectivity index (χ0n) is 15.7. The van der Waals surface area contributed by atoms with E-state index < -0.39 is 11.9 Å². The monoisotopic (exact) mass is 409 g/mol. The lowest BCUT2D eigenvalue weighted by molar-refractivity contribution is -0.117. The van der Waals surface area contributed by atoms with E-state index in [2.05, 4.69) is 10.6 Å². The van der Waals surface area contributed by atoms with Crippen molar-refractivity contribution >= 4 is 34.8 Å². The van der Waals surface area contributed by atoms with Crippen LogP contribution in [0.25, 0.3) is 0 Å². The van der Waals surface area contributed by atoms with E-state index in [0.717, 1.165) is 5.56 Å². The fraction of sp³-hybridized carbons (Fsp3) is 0.0909. The van der Waals surface area contributed by atoms with Crippen molar-refractivity contribution in [3.05, 3.63) is 88.9 Å². The first kappa shape index (κ1) is 20.2. The highest BCUT2D eigenvalue weighted by Gasteiger charge is 2.21. The summed E-state index contributed by atoms with van der Waals surface area (Å²) in [5.74, 6) is -0.251. The third-order valence-corrected chi connectivity index (χ3v) is 4.59. The van der Waals surface area contributed by atoms with Crippen molar-refractivity contribution in [2.45, 2.75) is 6.04 Å². The summed E-state index contributed by atoms with van der Waals surface area (Å²) < 4.78 is 5.14. The Hall–Kier alpha value is -3.51. The summed E-state index contributed by atoms with van der Waals surface area (Å²) in [6.45, 7) is 0. The standard InChI is InChI=1S/C22H20ClN3O3/c1-29-19-12-11-17(13-18(19)23)26-22(28)20(14-5-3-2-4-6-14)25-16-9-7-15(8-10-16)21(24)27/h2-13,20,25H,1H3,(H2,24,27)(H,26,28)/t20-/m1/s1. The number of carbonyl (C=O) groups is 2. The van der Waals surface area contributed by atoms with Crippen LogP contribution in [0, 0.1) is 0 Å². The zero-order chi connectivity index (χ0) is 20.8. The summed E-state index contributed by atoms with van der Waals surface area (Å²) in [6.07, 6.45) is 0. The lowest BCUT2D eigenvalue weighted by Crippen LogP contribution is -2.27. The minimum atomic E-state index is -0.670. The molecule has 0 saturated carbocycles. The highest BCUT2D eigenvalue weighted by Crippen LogP contribution is 2.28. The molecule has 0 aliphatic carbocycles. The fourth-order valence-electron chi connectivity index (χ4n) is 2.80. The van der Waals surface area contributed by atoms with Crippen LogP contribution in [0.4, 0.5) is 11.4 Å². The molecule has 0 aliphatic heterocycles. The minimum Gasteiger partial charge on any atom is -0.495 e. The van der Waals surface area contributed by atoms with Gasteiger partial charge in [-0.3, -0.25) is 9.59 Å². The Morgan fingerprint density at radius 1 is 0.966 bits per heavy atom. The number of nitrogens with two attached hydrogens (primary N) is 1. The number of carbonyl (C=O) groups excluding carboxylic acids is 2. The smallest absolute Gasteiger partial charge is 0.251 e. The normalized spacial score (nSPS) is 11.4. The second-order valence-corrected chi connectivity index (χ2v) is 6.68. The molecular formula is C22H20ClN3O3. The Morgan fingerprint density at radius 2 is 1.62 bits per heavy atom. The van der Waals surface area contributed by atoms with Crippen LogP contribution in [0.2, 0.25) is 5.02 Å². The van der Waals surface area contributed by atoms with E-state index in [0.29, 0.717) is 27.7 Å². The van der Waals surface area contributed by atoms with Gasteiger partial charge in [-0.15, -0.1) is 0 Å². The van der Waals surface area contributed by atoms with Crippen molar-refractivity contribution in [2.75, 3.05) is 17.7 Å². The third kappa shape index (κ3) is 5.06. The van der Waals surface area contributed by atoms with Gasteiger partial charge >= 0.3 is 0 Å². The Balaban J connectivity index is 1.84. The maximum Gasteiger partial charge on any atom is 0.251 e. The fourth-order valence-corrected chi connectivity index (χ4v) is 3.06. The van der Waals surface area contributed by atoms with E-state index in [1.165, 1.54) is 7.11 Å². The molecule has 1 atom stereocenters. The van der Waals surface area contributed by atoms with Crippen LogP contribution in [0.1, 0.15) is 22.0 Å². The Bertz CT molecular complexity index is 1010. The molecule has 0 spiro atoms. The van der Waals surface area contributed by atoms with Gasteiger partial charge in [0.05, 0.1) is 12.1 Å². The molecule has 3 aromatic rings. The molecule has 148 valence electrons. The Labute approximate surface area is 173 Å². The molecule has 3 rings (SSSR count). The third-order valence-electron chi connectivity index (χ3n) is 4.29. The van der Waals surface area contributed by atoms with Crippen molar-refractivity contribution in [1.29, 1.82) is 0 Å². The average Bonchev–Trinajstić information content (AvgIpc) is 2.73. The van der Waals surface area contributed by atoms with E-state index in [9.17, 15) is 9.59 Å². The van der Waals surface area contributed by atoms with E-state index in [1.807, 2.05) is 30.3 Å². The van der Waals surface area contributed by atoms with Crippen molar-refractivity contribution in [2.24, 2.45) is 5.73 Å². The number of benzene rings is 3. The highest BCUT2D eigenvalue weighted by molar-refractivity contribution is 6.32. The van der Waals surface area contributed by atoms with Crippen molar-refractivity contribution in [3.63, 3.8) is 0 Å². The van der Waals surface area contributed by atoms with Crippen molar-refractivity contribution in [1.82, 2.24) is 0 Å². The van der Waals surface area contributed by atoms with E-state index in [4.69, 9.17) is 22.1 Å². The van der Waals surface area contributed by atoms with E-state index >= 15 is 0 Å². The van der Waals surface area contributed by atoms with Crippen LogP contribution < -0.4 is 21.1 Å². The highest BCUT2D eigenvalue weighted by atomic mass is 35.5. The molecule has 0 aliphatic rings. The molecule has 0 unspecified atom stereocenters. The van der Waals surface area contributed by atoms with Crippen LogP contribution in [0.3, 0.4) is 0 Å². The SMILES string of the molecule is COc1ccc(NC(=O)[C@H](Nc2ccc(C(N)=O)cc2)c2ccccc2)cc1Cl. The maximum atomic E-state index is 13.0. The van der Waals surface area contributed by atoms with Crippen LogP contribution in [0.5, 0.6) is 5.75 Å². The number of methoxy groups -OCH3 is 1. The quantitative estimate of drug-likeness (QED) is 0.544. The van der Waals surface area contributed by atoms with Gasteiger partial charge in [-0.05, 0) is 48.0 Å². The number of hydrogen-bond acceptors (Lipinski definition) is 4. The second kappa shape index (κ2) is 9.12. The predicted molar refractivity (Wildman–Crippen MR) is 114 cm³/mol. The largest absolute Gasteiger partial charge is 0.495 e. The number of hydrogen-bond donors (Lipinski definition) is 3. The van der Waals surface area contributed by atoms with Gasteiger partial charge in [0.2, 0.25) is 5.91 Å². The van der Waals surface area contributed by atoms with E-state index in [-0.39, 0.29) is 5.91 Å². The van der Waals surface area contributed by atoms with Gasteiger partial charge < -0.3 is 21.1 Å². The van der Waals surface area contributed by atoms with Gasteiger partial charge in [-0.25, -0.2) is 0 Å². The van der Waals surface area contributed by atoms with Gasteiger partial charge in [0.1, 0.15) is 11.8 Å². The number of anilines is 2. The Morgan fingerprint density at radius 3 is 2.21 bits per heavy atom. The van der Waals surface area contributed by atoms with E-state index in [1.54, 1.807) is 42.5 Å². The molecule has 4 N–H and O–H groups in total. The molecule has 6 nitrogen and oxygen atoms in total. The lowest BCUT2D eigenvalue weighted by atomic mass is 10.1. The van der Waals surface area contributed by atoms with Crippen LogP contribution in [-0.2, 0) is 4.79 Å². The van der Waals surface area contributed by atoms with Crippen LogP contribution in [-0.4, -0.2) is 18.9 Å². The Kier molecular flexibility index (Phi) is 6.36. The minimum absolute atomic E-state index is 0.267. The summed E-state index contributed by atoms with van der Waals surface area (Å²) in [6, 6.07) is 20.3. The van der Waals surface area contributed by atoms with Gasteiger partial charge in [0.25, 0.3) is 5.91 Å². The molecular weight excluding hydrogens is 390 g/mol. The molecule has 0 aromatic heterocycles. The number of ether oxygens (including phenoxy) is 1.